The Labute approximate surface area is 168 Å². The van der Waals surface area contributed by atoms with Gasteiger partial charge >= 0.3 is 0 Å². The molecule has 5 rings (SSSR count). The van der Waals surface area contributed by atoms with E-state index in [1.165, 1.54) is 22.9 Å². The molecule has 3 aliphatic rings. The van der Waals surface area contributed by atoms with Crippen LogP contribution in [0.3, 0.4) is 0 Å². The molecule has 1 aromatic heterocycles. The number of aryl methyl sites for hydroxylation is 1. The molecule has 1 fully saturated rings. The van der Waals surface area contributed by atoms with Gasteiger partial charge in [0.25, 0.3) is 5.91 Å². The van der Waals surface area contributed by atoms with Crippen LogP contribution in [0.4, 0.5) is 0 Å². The number of piperidine rings is 1. The Morgan fingerprint density at radius 1 is 1.29 bits per heavy atom. The molecule has 3 aliphatic heterocycles. The van der Waals surface area contributed by atoms with Crippen LogP contribution in [0.25, 0.3) is 5.57 Å². The molecule has 1 N–H and O–H groups in total. The maximum Gasteiger partial charge on any atom is 0.286 e. The van der Waals surface area contributed by atoms with Crippen LogP contribution >= 0.6 is 11.8 Å². The summed E-state index contributed by atoms with van der Waals surface area (Å²) in [5, 5.41) is 0.800. The molecule has 7 heteroatoms. The van der Waals surface area contributed by atoms with Crippen molar-refractivity contribution in [1.82, 2.24) is 14.9 Å². The van der Waals surface area contributed by atoms with Gasteiger partial charge in [0.05, 0.1) is 29.1 Å². The SMILES string of the molecule is C/C(=C1/SC(N2CCC3(CC2)OCc2ccccc23)=NC1=O)c1nc[nH]c1C. The Kier molecular flexibility index (Phi) is 4.17. The summed E-state index contributed by atoms with van der Waals surface area (Å²) in [6.45, 7) is 6.26. The first-order valence-corrected chi connectivity index (χ1v) is 10.4. The summed E-state index contributed by atoms with van der Waals surface area (Å²) in [5.74, 6) is -0.164. The lowest BCUT2D eigenvalue weighted by molar-refractivity contribution is -0.113. The van der Waals surface area contributed by atoms with Crippen LogP contribution < -0.4 is 0 Å². The minimum absolute atomic E-state index is 0.164. The van der Waals surface area contributed by atoms with Gasteiger partial charge in [0.1, 0.15) is 0 Å². The van der Waals surface area contributed by atoms with Crippen molar-refractivity contribution in [1.29, 1.82) is 0 Å². The highest BCUT2D eigenvalue weighted by Crippen LogP contribution is 2.45. The summed E-state index contributed by atoms with van der Waals surface area (Å²) < 4.78 is 6.24. The number of aromatic nitrogens is 2. The van der Waals surface area contributed by atoms with Crippen molar-refractivity contribution in [2.75, 3.05) is 13.1 Å². The van der Waals surface area contributed by atoms with Gasteiger partial charge in [-0.05, 0) is 55.2 Å². The molecule has 2 aromatic rings. The van der Waals surface area contributed by atoms with Crippen LogP contribution in [0, 0.1) is 6.92 Å². The van der Waals surface area contributed by atoms with Gasteiger partial charge in [0.2, 0.25) is 0 Å². The molecule has 1 amide bonds. The number of fused-ring (bicyclic) bond motifs is 2. The number of allylic oxidation sites excluding steroid dienone is 1. The normalized spacial score (nSPS) is 22.6. The van der Waals surface area contributed by atoms with Gasteiger partial charge in [-0.15, -0.1) is 0 Å². The smallest absolute Gasteiger partial charge is 0.286 e. The third kappa shape index (κ3) is 2.72. The molecule has 1 aromatic carbocycles. The highest BCUT2D eigenvalue weighted by Gasteiger charge is 2.43. The molecule has 144 valence electrons. The molecule has 1 saturated heterocycles. The number of aromatic amines is 1. The lowest BCUT2D eigenvalue weighted by Crippen LogP contribution is -2.44. The Hall–Kier alpha value is -2.38. The van der Waals surface area contributed by atoms with Gasteiger partial charge in [-0.25, -0.2) is 4.98 Å². The standard InChI is InChI=1S/C21H22N4O2S/c1-13(17-14(2)22-12-23-17)18-19(26)24-20(28-18)25-9-7-21(8-10-25)16-6-4-3-5-15(16)11-27-21/h3-6,12H,7-11H2,1-2H3,(H,22,23)/b18-13-. The number of benzene rings is 1. The first-order valence-electron chi connectivity index (χ1n) is 9.57. The summed E-state index contributed by atoms with van der Waals surface area (Å²) >= 11 is 1.47. The van der Waals surface area contributed by atoms with Crippen LogP contribution in [-0.4, -0.2) is 39.0 Å². The van der Waals surface area contributed by atoms with Gasteiger partial charge in [0, 0.05) is 18.8 Å². The minimum Gasteiger partial charge on any atom is -0.365 e. The molecule has 0 bridgehead atoms. The molecule has 1 spiro atoms. The molecular weight excluding hydrogens is 372 g/mol. The number of amidine groups is 1. The van der Waals surface area contributed by atoms with Gasteiger partial charge in [0.15, 0.2) is 5.17 Å². The highest BCUT2D eigenvalue weighted by molar-refractivity contribution is 8.18. The first kappa shape index (κ1) is 17.7. The van der Waals surface area contributed by atoms with Gasteiger partial charge in [-0.2, -0.15) is 4.99 Å². The molecule has 0 aliphatic carbocycles. The number of likely N-dealkylation sites (tertiary alicyclic amines) is 1. The molecule has 0 saturated carbocycles. The summed E-state index contributed by atoms with van der Waals surface area (Å²) in [7, 11) is 0. The highest BCUT2D eigenvalue weighted by atomic mass is 32.2. The van der Waals surface area contributed by atoms with Crippen molar-refractivity contribution >= 4 is 28.4 Å². The van der Waals surface area contributed by atoms with Crippen LogP contribution in [0.2, 0.25) is 0 Å². The summed E-state index contributed by atoms with van der Waals surface area (Å²) in [4.78, 5) is 27.2. The predicted octanol–water partition coefficient (Wildman–Crippen LogP) is 3.60. The second-order valence-electron chi connectivity index (χ2n) is 7.56. The zero-order chi connectivity index (χ0) is 19.3. The van der Waals surface area contributed by atoms with E-state index in [9.17, 15) is 4.79 Å². The fourth-order valence-corrected chi connectivity index (χ4v) is 5.37. The average Bonchev–Trinajstić information content (AvgIpc) is 3.41. The largest absolute Gasteiger partial charge is 0.365 e. The Balaban J connectivity index is 1.33. The van der Waals surface area contributed by atoms with Crippen LogP contribution in [0.5, 0.6) is 0 Å². The number of rotatable bonds is 1. The van der Waals surface area contributed by atoms with Gasteiger partial charge in [-0.3, -0.25) is 4.79 Å². The third-order valence-corrected chi connectivity index (χ3v) is 7.18. The predicted molar refractivity (Wildman–Crippen MR) is 110 cm³/mol. The number of thioether (sulfide) groups is 1. The van der Waals surface area contributed by atoms with E-state index in [1.807, 2.05) is 13.8 Å². The van der Waals surface area contributed by atoms with E-state index in [2.05, 4.69) is 44.1 Å². The average molecular weight is 395 g/mol. The maximum absolute atomic E-state index is 12.5. The van der Waals surface area contributed by atoms with E-state index in [0.717, 1.165) is 48.1 Å². The number of imidazole rings is 1. The number of carbonyl (C=O) groups is 1. The molecule has 28 heavy (non-hydrogen) atoms. The Morgan fingerprint density at radius 2 is 2.07 bits per heavy atom. The number of ether oxygens (including phenoxy) is 1. The summed E-state index contributed by atoms with van der Waals surface area (Å²) in [6.07, 6.45) is 3.48. The maximum atomic E-state index is 12.5. The van der Waals surface area contributed by atoms with Crippen LogP contribution in [0.1, 0.15) is 42.3 Å². The van der Waals surface area contributed by atoms with E-state index in [4.69, 9.17) is 4.74 Å². The van der Waals surface area contributed by atoms with E-state index in [1.54, 1.807) is 6.33 Å². The van der Waals surface area contributed by atoms with Crippen LogP contribution in [-0.2, 0) is 21.7 Å². The van der Waals surface area contributed by atoms with E-state index in [-0.39, 0.29) is 11.5 Å². The molecule has 4 heterocycles. The molecule has 0 atom stereocenters. The van der Waals surface area contributed by atoms with E-state index in [0.29, 0.717) is 11.5 Å². The molecular formula is C21H22N4O2S. The second kappa shape index (κ2) is 6.60. The van der Waals surface area contributed by atoms with Gasteiger partial charge in [-0.1, -0.05) is 24.3 Å². The van der Waals surface area contributed by atoms with Crippen molar-refractivity contribution in [3.8, 4) is 0 Å². The lowest BCUT2D eigenvalue weighted by atomic mass is 9.84. The lowest BCUT2D eigenvalue weighted by Gasteiger charge is -2.39. The van der Waals surface area contributed by atoms with Crippen molar-refractivity contribution < 1.29 is 9.53 Å². The quantitative estimate of drug-likeness (QED) is 0.749. The van der Waals surface area contributed by atoms with Crippen molar-refractivity contribution in [2.45, 2.75) is 38.9 Å². The van der Waals surface area contributed by atoms with Crippen molar-refractivity contribution in [3.63, 3.8) is 0 Å². The summed E-state index contributed by atoms with van der Waals surface area (Å²) in [6, 6.07) is 8.51. The molecule has 0 radical (unpaired) electrons. The van der Waals surface area contributed by atoms with E-state index >= 15 is 0 Å². The van der Waals surface area contributed by atoms with Crippen molar-refractivity contribution in [2.24, 2.45) is 4.99 Å². The van der Waals surface area contributed by atoms with E-state index < -0.39 is 0 Å². The molecule has 6 nitrogen and oxygen atoms in total. The first-order chi connectivity index (χ1) is 13.6. The number of hydrogen-bond donors (Lipinski definition) is 1. The zero-order valence-corrected chi connectivity index (χ0v) is 16.8. The number of hydrogen-bond acceptors (Lipinski definition) is 5. The van der Waals surface area contributed by atoms with Crippen molar-refractivity contribution in [3.05, 3.63) is 58.0 Å². The number of nitrogens with one attached hydrogen (secondary N) is 1. The Morgan fingerprint density at radius 3 is 2.82 bits per heavy atom. The fourth-order valence-electron chi connectivity index (χ4n) is 4.37. The number of amides is 1. The fraction of sp³-hybridized carbons (Fsp3) is 0.381. The van der Waals surface area contributed by atoms with Crippen LogP contribution in [0.15, 0.2) is 40.5 Å². The monoisotopic (exact) mass is 394 g/mol. The summed E-state index contributed by atoms with van der Waals surface area (Å²) in [5.41, 5.74) is 5.13. The third-order valence-electron chi connectivity index (χ3n) is 5.96. The topological polar surface area (TPSA) is 70.6 Å². The van der Waals surface area contributed by atoms with Gasteiger partial charge < -0.3 is 14.6 Å². The second-order valence-corrected chi connectivity index (χ2v) is 8.54. The number of H-pyrrole nitrogens is 1. The Bertz CT molecular complexity index is 1010. The zero-order valence-electron chi connectivity index (χ0n) is 16.0. The number of carbonyl (C=O) groups excluding carboxylic acids is 1. The number of nitrogens with zero attached hydrogens (tertiary/aromatic N) is 3. The minimum atomic E-state index is -0.179. The number of aliphatic imine (C=N–C) groups is 1. The molecule has 0 unspecified atom stereocenters.